The topological polar surface area (TPSA) is 145 Å². The molecule has 0 spiro atoms. The Bertz CT molecular complexity index is 1970. The molecule has 0 aliphatic rings. The second kappa shape index (κ2) is 12.9. The lowest BCUT2D eigenvalue weighted by Gasteiger charge is -2.24. The molecule has 0 bridgehead atoms. The number of anilines is 2. The molecule has 0 saturated carbocycles. The van der Waals surface area contributed by atoms with Gasteiger partial charge in [-0.25, -0.2) is 14.2 Å². The minimum Gasteiger partial charge on any atom is -0.383 e. The van der Waals surface area contributed by atoms with Gasteiger partial charge in [-0.15, -0.1) is 0 Å². The maximum atomic E-state index is 14.9. The summed E-state index contributed by atoms with van der Waals surface area (Å²) in [5.41, 5.74) is 5.18. The zero-order chi connectivity index (χ0) is 30.5. The van der Waals surface area contributed by atoms with Crippen LogP contribution in [0.4, 0.5) is 15.9 Å². The second-order valence-electron chi connectivity index (χ2n) is 9.40. The van der Waals surface area contributed by atoms with Gasteiger partial charge in [0.25, 0.3) is 11.1 Å². The summed E-state index contributed by atoms with van der Waals surface area (Å²) >= 11 is 0.897. The summed E-state index contributed by atoms with van der Waals surface area (Å²) in [7, 11) is 1.44. The third-order valence-electron chi connectivity index (χ3n) is 6.65. The van der Waals surface area contributed by atoms with E-state index in [1.807, 2.05) is 6.07 Å². The van der Waals surface area contributed by atoms with Crippen molar-refractivity contribution in [3.63, 3.8) is 0 Å². The van der Waals surface area contributed by atoms with E-state index in [1.54, 1.807) is 54.6 Å². The lowest BCUT2D eigenvalue weighted by Crippen LogP contribution is -2.43. The lowest BCUT2D eigenvalue weighted by molar-refractivity contribution is -0.116. The smallest absolute Gasteiger partial charge is 0.330 e. The minimum absolute atomic E-state index is 0.0226. The van der Waals surface area contributed by atoms with Crippen molar-refractivity contribution in [3.05, 3.63) is 121 Å². The summed E-state index contributed by atoms with van der Waals surface area (Å²) in [5, 5.41) is 0.355. The number of nitrogen functional groups attached to an aromatic ring is 1. The van der Waals surface area contributed by atoms with Crippen molar-refractivity contribution >= 4 is 40.1 Å². The van der Waals surface area contributed by atoms with E-state index in [4.69, 9.17) is 10.5 Å². The molecule has 3 N–H and O–H groups in total. The first kappa shape index (κ1) is 29.5. The molecular formula is C30H27FN6O5S. The Labute approximate surface area is 248 Å². The van der Waals surface area contributed by atoms with Gasteiger partial charge in [0.1, 0.15) is 11.6 Å². The molecule has 5 rings (SSSR count). The van der Waals surface area contributed by atoms with Crippen molar-refractivity contribution in [2.24, 2.45) is 0 Å². The Morgan fingerprint density at radius 1 is 1.02 bits per heavy atom. The minimum atomic E-state index is -0.839. The first-order valence-corrected chi connectivity index (χ1v) is 14.1. The third-order valence-corrected chi connectivity index (χ3v) is 7.57. The highest BCUT2D eigenvalue weighted by atomic mass is 32.2. The van der Waals surface area contributed by atoms with Crippen molar-refractivity contribution in [2.75, 3.05) is 36.6 Å². The normalized spacial score (nSPS) is 11.1. The standard InChI is InChI=1S/C30H27FN6O5S/c1-42-16-15-35(25-26(32)36(29(41)34-27(25)39)17-19-9-3-2-4-10-19)24(38)18-43-30-33-22-13-7-5-11-20(22)28(40)37(30)23-14-8-6-12-21(23)31/h2-14H,15-18,32H2,1H3,(H,34,39,41). The van der Waals surface area contributed by atoms with Crippen LogP contribution in [-0.2, 0) is 16.1 Å². The van der Waals surface area contributed by atoms with E-state index >= 15 is 0 Å². The average Bonchev–Trinajstić information content (AvgIpc) is 3.01. The van der Waals surface area contributed by atoms with E-state index in [2.05, 4.69) is 9.97 Å². The molecule has 0 atom stereocenters. The van der Waals surface area contributed by atoms with Gasteiger partial charge in [0.15, 0.2) is 10.8 Å². The molecule has 1 amide bonds. The zero-order valence-electron chi connectivity index (χ0n) is 23.0. The van der Waals surface area contributed by atoms with E-state index < -0.39 is 28.5 Å². The largest absolute Gasteiger partial charge is 0.383 e. The Hall–Kier alpha value is -5.01. The van der Waals surface area contributed by atoms with Gasteiger partial charge in [-0.3, -0.25) is 28.5 Å². The fraction of sp³-hybridized carbons (Fsp3) is 0.167. The van der Waals surface area contributed by atoms with Crippen LogP contribution in [0, 0.1) is 5.82 Å². The number of nitrogens with two attached hydrogens (primary N) is 1. The number of para-hydroxylation sites is 2. The summed E-state index contributed by atoms with van der Waals surface area (Å²) in [4.78, 5) is 60.9. The molecule has 2 heterocycles. The van der Waals surface area contributed by atoms with Crippen molar-refractivity contribution in [3.8, 4) is 5.69 Å². The number of nitrogens with one attached hydrogen (secondary N) is 1. The molecule has 11 nitrogen and oxygen atoms in total. The van der Waals surface area contributed by atoms with Crippen LogP contribution in [-0.4, -0.2) is 51.0 Å². The van der Waals surface area contributed by atoms with Crippen LogP contribution in [0.1, 0.15) is 5.56 Å². The number of H-pyrrole nitrogens is 1. The number of fused-ring (bicyclic) bond motifs is 1. The van der Waals surface area contributed by atoms with Gasteiger partial charge in [0.05, 0.1) is 35.5 Å². The number of benzene rings is 3. The molecule has 5 aromatic rings. The van der Waals surface area contributed by atoms with Crippen molar-refractivity contribution < 1.29 is 13.9 Å². The molecule has 43 heavy (non-hydrogen) atoms. The van der Waals surface area contributed by atoms with E-state index in [0.29, 0.717) is 5.52 Å². The molecule has 220 valence electrons. The molecule has 0 radical (unpaired) electrons. The number of methoxy groups -OCH3 is 1. The van der Waals surface area contributed by atoms with Crippen LogP contribution in [0.5, 0.6) is 0 Å². The van der Waals surface area contributed by atoms with Gasteiger partial charge in [-0.2, -0.15) is 0 Å². The second-order valence-corrected chi connectivity index (χ2v) is 10.3. The molecule has 0 aliphatic carbocycles. The molecule has 0 fully saturated rings. The Morgan fingerprint density at radius 3 is 2.47 bits per heavy atom. The van der Waals surface area contributed by atoms with Crippen LogP contribution >= 0.6 is 11.8 Å². The van der Waals surface area contributed by atoms with Gasteiger partial charge in [-0.05, 0) is 29.8 Å². The summed E-state index contributed by atoms with van der Waals surface area (Å²) < 4.78 is 22.3. The van der Waals surface area contributed by atoms with Gasteiger partial charge in [0, 0.05) is 13.7 Å². The third kappa shape index (κ3) is 6.12. The molecule has 3 aromatic carbocycles. The highest BCUT2D eigenvalue weighted by Gasteiger charge is 2.25. The van der Waals surface area contributed by atoms with E-state index in [9.17, 15) is 23.6 Å². The first-order chi connectivity index (χ1) is 20.8. The fourth-order valence-electron chi connectivity index (χ4n) is 4.56. The quantitative estimate of drug-likeness (QED) is 0.183. The van der Waals surface area contributed by atoms with Crippen LogP contribution in [0.3, 0.4) is 0 Å². The average molecular weight is 603 g/mol. The number of aromatic nitrogens is 4. The fourth-order valence-corrected chi connectivity index (χ4v) is 5.45. The molecule has 2 aromatic heterocycles. The maximum absolute atomic E-state index is 14.9. The number of amides is 1. The maximum Gasteiger partial charge on any atom is 0.330 e. The van der Waals surface area contributed by atoms with Crippen LogP contribution in [0.25, 0.3) is 16.6 Å². The van der Waals surface area contributed by atoms with Crippen molar-refractivity contribution in [2.45, 2.75) is 11.7 Å². The lowest BCUT2D eigenvalue weighted by atomic mass is 10.2. The SMILES string of the molecule is COCCN(C(=O)CSc1nc2ccccc2c(=O)n1-c1ccccc1F)c1c(N)n(Cc2ccccc2)c(=O)[nH]c1=O. The Balaban J connectivity index is 1.53. The van der Waals surface area contributed by atoms with Crippen LogP contribution in [0.2, 0.25) is 0 Å². The summed E-state index contributed by atoms with van der Waals surface area (Å²) in [6.07, 6.45) is 0. The van der Waals surface area contributed by atoms with Gasteiger partial charge in [0.2, 0.25) is 5.91 Å². The highest BCUT2D eigenvalue weighted by Crippen LogP contribution is 2.25. The summed E-state index contributed by atoms with van der Waals surface area (Å²) in [6, 6.07) is 21.4. The monoisotopic (exact) mass is 602 g/mol. The van der Waals surface area contributed by atoms with Crippen molar-refractivity contribution in [1.82, 2.24) is 19.1 Å². The zero-order valence-corrected chi connectivity index (χ0v) is 23.8. The number of hydrogen-bond acceptors (Lipinski definition) is 8. The number of rotatable bonds is 10. The molecule has 0 saturated heterocycles. The predicted molar refractivity (Wildman–Crippen MR) is 164 cm³/mol. The van der Waals surface area contributed by atoms with E-state index in [0.717, 1.165) is 26.8 Å². The van der Waals surface area contributed by atoms with E-state index in [-0.39, 0.29) is 53.2 Å². The van der Waals surface area contributed by atoms with Crippen LogP contribution < -0.4 is 27.4 Å². The number of carbonyl (C=O) groups excluding carboxylic acids is 1. The molecule has 0 unspecified atom stereocenters. The molecule has 13 heteroatoms. The van der Waals surface area contributed by atoms with Gasteiger partial charge >= 0.3 is 5.69 Å². The summed E-state index contributed by atoms with van der Waals surface area (Å²) in [5.74, 6) is -1.72. The predicted octanol–water partition coefficient (Wildman–Crippen LogP) is 2.78. The molecule has 0 aliphatic heterocycles. The number of nitrogens with zero attached hydrogens (tertiary/aromatic N) is 4. The Morgan fingerprint density at radius 2 is 1.72 bits per heavy atom. The van der Waals surface area contributed by atoms with Gasteiger partial charge in [-0.1, -0.05) is 66.4 Å². The summed E-state index contributed by atoms with van der Waals surface area (Å²) in [6.45, 7) is 0.0610. The van der Waals surface area contributed by atoms with Gasteiger partial charge < -0.3 is 15.4 Å². The molecular weight excluding hydrogens is 575 g/mol. The highest BCUT2D eigenvalue weighted by molar-refractivity contribution is 7.99. The number of hydrogen-bond donors (Lipinski definition) is 2. The Kier molecular flexibility index (Phi) is 8.83. The number of ether oxygens (including phenoxy) is 1. The number of thioether (sulfide) groups is 1. The van der Waals surface area contributed by atoms with E-state index in [1.165, 1.54) is 29.9 Å². The number of halogens is 1. The van der Waals surface area contributed by atoms with Crippen LogP contribution in [0.15, 0.2) is 98.4 Å². The number of carbonyl (C=O) groups is 1. The van der Waals surface area contributed by atoms with Crippen molar-refractivity contribution in [1.29, 1.82) is 0 Å². The first-order valence-electron chi connectivity index (χ1n) is 13.2. The number of aromatic amines is 1.